The number of carbonyl (C=O) groups is 3. The summed E-state index contributed by atoms with van der Waals surface area (Å²) in [4.78, 5) is 43.0. The molecule has 2 aliphatic rings. The molecule has 1 heterocycles. The van der Waals surface area contributed by atoms with Crippen LogP contribution in [0.5, 0.6) is 0 Å². The van der Waals surface area contributed by atoms with Crippen LogP contribution in [0.3, 0.4) is 0 Å². The first-order chi connectivity index (χ1) is 13.8. The number of methoxy groups -OCH3 is 1. The number of esters is 2. The van der Waals surface area contributed by atoms with Gasteiger partial charge < -0.3 is 9.47 Å². The number of carbonyl (C=O) groups excluding carboxylic acids is 3. The second kappa shape index (κ2) is 8.27. The number of rotatable bonds is 4. The van der Waals surface area contributed by atoms with Crippen LogP contribution in [0.1, 0.15) is 38.7 Å². The fraction of sp³-hybridized carbons (Fsp3) is 0.455. The van der Waals surface area contributed by atoms with Gasteiger partial charge in [0.2, 0.25) is 0 Å². The maximum absolute atomic E-state index is 14.0. The number of Topliss-reactive ketones (excluding diaryl/α,β-unsaturated/α-hetero) is 1. The summed E-state index contributed by atoms with van der Waals surface area (Å²) in [5.74, 6) is -4.90. The van der Waals surface area contributed by atoms with Crippen molar-refractivity contribution in [2.75, 3.05) is 13.7 Å². The summed E-state index contributed by atoms with van der Waals surface area (Å²) in [6, 6.07) is 5.80. The molecule has 4 atom stereocenters. The van der Waals surface area contributed by atoms with E-state index in [2.05, 4.69) is 4.99 Å². The number of hydrogen-bond donors (Lipinski definition) is 0. The Morgan fingerprint density at radius 2 is 2.00 bits per heavy atom. The lowest BCUT2D eigenvalue weighted by Gasteiger charge is -2.40. The van der Waals surface area contributed by atoms with Gasteiger partial charge in [-0.3, -0.25) is 14.6 Å². The Hall–Kier alpha value is -2.83. The molecule has 29 heavy (non-hydrogen) atoms. The van der Waals surface area contributed by atoms with Crippen molar-refractivity contribution in [3.63, 3.8) is 0 Å². The van der Waals surface area contributed by atoms with E-state index in [1.165, 1.54) is 25.3 Å². The van der Waals surface area contributed by atoms with Crippen LogP contribution in [-0.4, -0.2) is 37.2 Å². The van der Waals surface area contributed by atoms with E-state index in [9.17, 15) is 18.8 Å². The Morgan fingerprint density at radius 3 is 2.62 bits per heavy atom. The molecule has 1 aromatic rings. The van der Waals surface area contributed by atoms with Crippen molar-refractivity contribution < 1.29 is 28.2 Å². The lowest BCUT2D eigenvalue weighted by atomic mass is 9.64. The standard InChI is InChI=1S/C22H24FNO5/c1-5-29-22(27)17-12(3)24-15-9-11(2)16(21(26)28-4)20(25)19(15)18(17)13-7-6-8-14(23)10-13/h6-8,10-11,16,18-19H,5,9H2,1-4H3/t11-,16+,18-,19+/m1/s1. The third kappa shape index (κ3) is 3.73. The van der Waals surface area contributed by atoms with E-state index in [1.54, 1.807) is 26.8 Å². The van der Waals surface area contributed by atoms with Gasteiger partial charge in [-0.05, 0) is 43.9 Å². The maximum Gasteiger partial charge on any atom is 0.336 e. The lowest BCUT2D eigenvalue weighted by molar-refractivity contribution is -0.152. The van der Waals surface area contributed by atoms with Gasteiger partial charge in [0.15, 0.2) is 5.78 Å². The quantitative estimate of drug-likeness (QED) is 0.572. The molecule has 1 aliphatic carbocycles. The third-order valence-electron chi connectivity index (χ3n) is 5.58. The topological polar surface area (TPSA) is 82.0 Å². The highest BCUT2D eigenvalue weighted by Gasteiger charge is 2.51. The summed E-state index contributed by atoms with van der Waals surface area (Å²) in [5, 5.41) is 0. The number of benzene rings is 1. The van der Waals surface area contributed by atoms with Crippen molar-refractivity contribution in [3.05, 3.63) is 46.9 Å². The van der Waals surface area contributed by atoms with Crippen LogP contribution in [0.15, 0.2) is 40.5 Å². The fourth-order valence-electron chi connectivity index (χ4n) is 4.37. The Labute approximate surface area is 168 Å². The predicted molar refractivity (Wildman–Crippen MR) is 104 cm³/mol. The summed E-state index contributed by atoms with van der Waals surface area (Å²) in [6.07, 6.45) is 0.412. The molecule has 0 bridgehead atoms. The van der Waals surface area contributed by atoms with E-state index in [0.717, 1.165) is 0 Å². The average Bonchev–Trinajstić information content (AvgIpc) is 2.66. The molecule has 1 saturated carbocycles. The van der Waals surface area contributed by atoms with E-state index in [0.29, 0.717) is 23.4 Å². The first-order valence-corrected chi connectivity index (χ1v) is 9.62. The van der Waals surface area contributed by atoms with Crippen LogP contribution in [0.2, 0.25) is 0 Å². The van der Waals surface area contributed by atoms with Gasteiger partial charge in [0.25, 0.3) is 0 Å². The predicted octanol–water partition coefficient (Wildman–Crippen LogP) is 3.22. The third-order valence-corrected chi connectivity index (χ3v) is 5.58. The second-order valence-electron chi connectivity index (χ2n) is 7.42. The van der Waals surface area contributed by atoms with Crippen molar-refractivity contribution in [2.24, 2.45) is 22.7 Å². The van der Waals surface area contributed by atoms with Crippen molar-refractivity contribution in [2.45, 2.75) is 33.1 Å². The zero-order valence-electron chi connectivity index (χ0n) is 16.9. The van der Waals surface area contributed by atoms with E-state index < -0.39 is 35.5 Å². The minimum absolute atomic E-state index is 0.155. The highest BCUT2D eigenvalue weighted by molar-refractivity contribution is 6.17. The number of ketones is 1. The van der Waals surface area contributed by atoms with Crippen LogP contribution in [0.25, 0.3) is 0 Å². The molecule has 3 rings (SSSR count). The van der Waals surface area contributed by atoms with E-state index in [4.69, 9.17) is 9.47 Å². The highest BCUT2D eigenvalue weighted by atomic mass is 19.1. The minimum atomic E-state index is -0.957. The average molecular weight is 401 g/mol. The molecular weight excluding hydrogens is 377 g/mol. The smallest absolute Gasteiger partial charge is 0.336 e. The number of ether oxygens (including phenoxy) is 2. The summed E-state index contributed by atoms with van der Waals surface area (Å²) in [7, 11) is 1.24. The molecule has 0 aromatic heterocycles. The number of halogens is 1. The van der Waals surface area contributed by atoms with Gasteiger partial charge in [-0.2, -0.15) is 0 Å². The SMILES string of the molecule is CCOC(=O)C1=C(C)N=C2C[C@@H](C)[C@H](C(=O)OC)C(=O)[C@@H]2[C@@H]1c1cccc(F)c1. The Balaban J connectivity index is 2.18. The number of hydrogen-bond acceptors (Lipinski definition) is 6. The van der Waals surface area contributed by atoms with Gasteiger partial charge in [-0.15, -0.1) is 0 Å². The molecule has 0 N–H and O–H groups in total. The molecule has 0 amide bonds. The van der Waals surface area contributed by atoms with Crippen molar-refractivity contribution in [1.29, 1.82) is 0 Å². The Kier molecular flexibility index (Phi) is 5.96. The molecular formula is C22H24FNO5. The van der Waals surface area contributed by atoms with Crippen molar-refractivity contribution >= 4 is 23.4 Å². The highest BCUT2D eigenvalue weighted by Crippen LogP contribution is 2.45. The van der Waals surface area contributed by atoms with Crippen LogP contribution in [0.4, 0.5) is 4.39 Å². The molecule has 6 nitrogen and oxygen atoms in total. The normalized spacial score (nSPS) is 26.5. The minimum Gasteiger partial charge on any atom is -0.468 e. The van der Waals surface area contributed by atoms with Crippen LogP contribution < -0.4 is 0 Å². The number of aliphatic imine (C=N–C) groups is 1. The summed E-state index contributed by atoms with van der Waals surface area (Å²) < 4.78 is 24.1. The number of fused-ring (bicyclic) bond motifs is 1. The monoisotopic (exact) mass is 401 g/mol. The van der Waals surface area contributed by atoms with Crippen LogP contribution in [0, 0.1) is 23.6 Å². The molecule has 7 heteroatoms. The second-order valence-corrected chi connectivity index (χ2v) is 7.42. The van der Waals surface area contributed by atoms with E-state index >= 15 is 0 Å². The number of allylic oxidation sites excluding steroid dienone is 1. The summed E-state index contributed by atoms with van der Waals surface area (Å²) in [6.45, 7) is 5.32. The van der Waals surface area contributed by atoms with Crippen molar-refractivity contribution in [3.8, 4) is 0 Å². The van der Waals surface area contributed by atoms with Gasteiger partial charge >= 0.3 is 11.9 Å². The lowest BCUT2D eigenvalue weighted by Crippen LogP contribution is -2.48. The fourth-order valence-corrected chi connectivity index (χ4v) is 4.37. The first kappa shape index (κ1) is 20.9. The molecule has 0 radical (unpaired) electrons. The largest absolute Gasteiger partial charge is 0.468 e. The number of nitrogens with zero attached hydrogens (tertiary/aromatic N) is 1. The molecule has 154 valence electrons. The van der Waals surface area contributed by atoms with Gasteiger partial charge in [-0.25, -0.2) is 9.18 Å². The van der Waals surface area contributed by atoms with Gasteiger partial charge in [0.05, 0.1) is 25.2 Å². The molecule has 1 aromatic carbocycles. The van der Waals surface area contributed by atoms with Crippen molar-refractivity contribution in [1.82, 2.24) is 0 Å². The maximum atomic E-state index is 14.0. The van der Waals surface area contributed by atoms with E-state index in [1.807, 2.05) is 0 Å². The summed E-state index contributed by atoms with van der Waals surface area (Å²) >= 11 is 0. The molecule has 0 saturated heterocycles. The zero-order valence-corrected chi connectivity index (χ0v) is 16.9. The van der Waals surface area contributed by atoms with Crippen LogP contribution >= 0.6 is 0 Å². The van der Waals surface area contributed by atoms with Crippen LogP contribution in [-0.2, 0) is 23.9 Å². The van der Waals surface area contributed by atoms with Gasteiger partial charge in [0.1, 0.15) is 11.7 Å². The Bertz CT molecular complexity index is 920. The Morgan fingerprint density at radius 1 is 1.28 bits per heavy atom. The molecule has 0 spiro atoms. The van der Waals surface area contributed by atoms with Gasteiger partial charge in [0, 0.05) is 17.3 Å². The summed E-state index contributed by atoms with van der Waals surface area (Å²) in [5.41, 5.74) is 1.73. The molecule has 0 unspecified atom stereocenters. The van der Waals surface area contributed by atoms with E-state index in [-0.39, 0.29) is 23.9 Å². The molecule has 1 fully saturated rings. The molecule has 1 aliphatic heterocycles. The van der Waals surface area contributed by atoms with Gasteiger partial charge in [-0.1, -0.05) is 19.1 Å². The zero-order chi connectivity index (χ0) is 21.3. The first-order valence-electron chi connectivity index (χ1n) is 9.62.